The lowest BCUT2D eigenvalue weighted by molar-refractivity contribution is -0.123. The second kappa shape index (κ2) is 8.27. The standard InChI is InChI=1S/C15H23BrN2O2/c1-5-11(3)18-14(19)9-20-15-10(2)6-13(16)7-12(15)8-17-4/h6-7,11,17H,5,8-9H2,1-4H3,(H,18,19). The van der Waals surface area contributed by atoms with Crippen molar-refractivity contribution in [2.45, 2.75) is 39.8 Å². The molecule has 4 nitrogen and oxygen atoms in total. The first-order valence-corrected chi connectivity index (χ1v) is 7.63. The average molecular weight is 343 g/mol. The van der Waals surface area contributed by atoms with Crippen molar-refractivity contribution in [3.8, 4) is 5.75 Å². The van der Waals surface area contributed by atoms with Gasteiger partial charge < -0.3 is 15.4 Å². The highest BCUT2D eigenvalue weighted by atomic mass is 79.9. The van der Waals surface area contributed by atoms with E-state index in [1.807, 2.05) is 40.0 Å². The van der Waals surface area contributed by atoms with E-state index in [0.29, 0.717) is 6.54 Å². The molecular weight excluding hydrogens is 320 g/mol. The van der Waals surface area contributed by atoms with Gasteiger partial charge in [0.2, 0.25) is 0 Å². The fraction of sp³-hybridized carbons (Fsp3) is 0.533. The maximum Gasteiger partial charge on any atom is 0.258 e. The van der Waals surface area contributed by atoms with Crippen LogP contribution in [-0.2, 0) is 11.3 Å². The molecule has 0 radical (unpaired) electrons. The van der Waals surface area contributed by atoms with E-state index in [1.54, 1.807) is 0 Å². The first-order chi connectivity index (χ1) is 9.47. The van der Waals surface area contributed by atoms with Crippen LogP contribution in [0.2, 0.25) is 0 Å². The summed E-state index contributed by atoms with van der Waals surface area (Å²) in [6.45, 7) is 6.74. The van der Waals surface area contributed by atoms with Crippen molar-refractivity contribution < 1.29 is 9.53 Å². The largest absolute Gasteiger partial charge is 0.483 e. The Labute approximate surface area is 129 Å². The predicted octanol–water partition coefficient (Wildman–Crippen LogP) is 2.77. The van der Waals surface area contributed by atoms with Gasteiger partial charge >= 0.3 is 0 Å². The van der Waals surface area contributed by atoms with Crippen LogP contribution in [0.4, 0.5) is 0 Å². The number of aryl methyl sites for hydroxylation is 1. The van der Waals surface area contributed by atoms with Gasteiger partial charge in [-0.25, -0.2) is 0 Å². The second-order valence-electron chi connectivity index (χ2n) is 4.91. The summed E-state index contributed by atoms with van der Waals surface area (Å²) in [6.07, 6.45) is 0.911. The number of nitrogens with one attached hydrogen (secondary N) is 2. The summed E-state index contributed by atoms with van der Waals surface area (Å²) in [5, 5.41) is 6.00. The molecule has 0 aliphatic carbocycles. The molecule has 1 amide bonds. The third-order valence-corrected chi connectivity index (χ3v) is 3.51. The summed E-state index contributed by atoms with van der Waals surface area (Å²) < 4.78 is 6.72. The Balaban J connectivity index is 2.74. The number of carbonyl (C=O) groups excluding carboxylic acids is 1. The van der Waals surface area contributed by atoms with Gasteiger partial charge in [0.25, 0.3) is 5.91 Å². The fourth-order valence-corrected chi connectivity index (χ4v) is 2.50. The maximum atomic E-state index is 11.8. The van der Waals surface area contributed by atoms with Crippen LogP contribution in [0, 0.1) is 6.92 Å². The zero-order valence-corrected chi connectivity index (χ0v) is 14.1. The molecule has 20 heavy (non-hydrogen) atoms. The van der Waals surface area contributed by atoms with E-state index in [-0.39, 0.29) is 18.6 Å². The van der Waals surface area contributed by atoms with Gasteiger partial charge in [-0.2, -0.15) is 0 Å². The number of hydrogen-bond acceptors (Lipinski definition) is 3. The number of hydrogen-bond donors (Lipinski definition) is 2. The van der Waals surface area contributed by atoms with E-state index in [1.165, 1.54) is 0 Å². The minimum Gasteiger partial charge on any atom is -0.483 e. The number of halogens is 1. The fourth-order valence-electron chi connectivity index (χ4n) is 1.88. The van der Waals surface area contributed by atoms with Crippen molar-refractivity contribution in [1.29, 1.82) is 0 Å². The Bertz CT molecular complexity index is 463. The highest BCUT2D eigenvalue weighted by molar-refractivity contribution is 9.10. The molecule has 1 aromatic carbocycles. The first-order valence-electron chi connectivity index (χ1n) is 6.83. The third kappa shape index (κ3) is 5.13. The number of rotatable bonds is 7. The van der Waals surface area contributed by atoms with Crippen LogP contribution in [0.3, 0.4) is 0 Å². The Hall–Kier alpha value is -1.07. The van der Waals surface area contributed by atoms with E-state index < -0.39 is 0 Å². The molecule has 1 atom stereocenters. The Morgan fingerprint density at radius 2 is 2.15 bits per heavy atom. The molecule has 0 aliphatic rings. The van der Waals surface area contributed by atoms with Crippen molar-refractivity contribution >= 4 is 21.8 Å². The summed E-state index contributed by atoms with van der Waals surface area (Å²) in [4.78, 5) is 11.8. The zero-order valence-electron chi connectivity index (χ0n) is 12.5. The Morgan fingerprint density at radius 3 is 2.75 bits per heavy atom. The zero-order chi connectivity index (χ0) is 15.1. The molecule has 0 saturated carbocycles. The number of amides is 1. The summed E-state index contributed by atoms with van der Waals surface area (Å²) in [7, 11) is 1.88. The molecule has 2 N–H and O–H groups in total. The van der Waals surface area contributed by atoms with E-state index in [9.17, 15) is 4.79 Å². The average Bonchev–Trinajstić information content (AvgIpc) is 2.37. The summed E-state index contributed by atoms with van der Waals surface area (Å²) >= 11 is 3.48. The molecule has 0 fully saturated rings. The molecule has 0 aliphatic heterocycles. The lowest BCUT2D eigenvalue weighted by Crippen LogP contribution is -2.35. The van der Waals surface area contributed by atoms with Crippen LogP contribution in [0.25, 0.3) is 0 Å². The first kappa shape index (κ1) is 17.0. The van der Waals surface area contributed by atoms with Gasteiger partial charge in [0, 0.05) is 22.6 Å². The molecule has 0 spiro atoms. The molecule has 5 heteroatoms. The van der Waals surface area contributed by atoms with Crippen LogP contribution >= 0.6 is 15.9 Å². The van der Waals surface area contributed by atoms with Crippen molar-refractivity contribution in [1.82, 2.24) is 10.6 Å². The molecule has 1 unspecified atom stereocenters. The van der Waals surface area contributed by atoms with Gasteiger partial charge in [-0.15, -0.1) is 0 Å². The molecular formula is C15H23BrN2O2. The lowest BCUT2D eigenvalue weighted by atomic mass is 10.1. The SMILES string of the molecule is CCC(C)NC(=O)COc1c(C)cc(Br)cc1CNC. The van der Waals surface area contributed by atoms with Gasteiger partial charge in [0.05, 0.1) is 0 Å². The molecule has 0 aromatic heterocycles. The molecule has 0 saturated heterocycles. The quantitative estimate of drug-likeness (QED) is 0.800. The van der Waals surface area contributed by atoms with Crippen LogP contribution in [0.1, 0.15) is 31.4 Å². The van der Waals surface area contributed by atoms with Gasteiger partial charge in [0.15, 0.2) is 6.61 Å². The highest BCUT2D eigenvalue weighted by Gasteiger charge is 2.11. The van der Waals surface area contributed by atoms with Crippen LogP contribution in [0.15, 0.2) is 16.6 Å². The van der Waals surface area contributed by atoms with Crippen LogP contribution < -0.4 is 15.4 Å². The smallest absolute Gasteiger partial charge is 0.258 e. The monoisotopic (exact) mass is 342 g/mol. The molecule has 0 bridgehead atoms. The molecule has 0 heterocycles. The second-order valence-corrected chi connectivity index (χ2v) is 5.82. The van der Waals surface area contributed by atoms with Crippen molar-refractivity contribution in [2.75, 3.05) is 13.7 Å². The van der Waals surface area contributed by atoms with E-state index in [0.717, 1.165) is 27.8 Å². The van der Waals surface area contributed by atoms with Crippen LogP contribution in [-0.4, -0.2) is 25.6 Å². The van der Waals surface area contributed by atoms with Gasteiger partial charge in [-0.1, -0.05) is 22.9 Å². The molecule has 112 valence electrons. The molecule has 1 rings (SSSR count). The minimum atomic E-state index is -0.0860. The Morgan fingerprint density at radius 1 is 1.45 bits per heavy atom. The Kier molecular flexibility index (Phi) is 7.02. The topological polar surface area (TPSA) is 50.4 Å². The van der Waals surface area contributed by atoms with Crippen molar-refractivity contribution in [3.05, 3.63) is 27.7 Å². The van der Waals surface area contributed by atoms with Gasteiger partial charge in [0.1, 0.15) is 5.75 Å². The van der Waals surface area contributed by atoms with Crippen LogP contribution in [0.5, 0.6) is 5.75 Å². The van der Waals surface area contributed by atoms with Crippen molar-refractivity contribution in [2.24, 2.45) is 0 Å². The predicted molar refractivity (Wildman–Crippen MR) is 85.0 cm³/mol. The maximum absolute atomic E-state index is 11.8. The molecule has 1 aromatic rings. The summed E-state index contributed by atoms with van der Waals surface area (Å²) in [5.74, 6) is 0.693. The minimum absolute atomic E-state index is 0.0452. The van der Waals surface area contributed by atoms with E-state index in [4.69, 9.17) is 4.74 Å². The number of benzene rings is 1. The van der Waals surface area contributed by atoms with Crippen molar-refractivity contribution in [3.63, 3.8) is 0 Å². The van der Waals surface area contributed by atoms with E-state index >= 15 is 0 Å². The van der Waals surface area contributed by atoms with E-state index in [2.05, 4.69) is 26.6 Å². The highest BCUT2D eigenvalue weighted by Crippen LogP contribution is 2.28. The number of ether oxygens (including phenoxy) is 1. The number of carbonyl (C=O) groups is 1. The summed E-state index contributed by atoms with van der Waals surface area (Å²) in [6, 6.07) is 4.17. The third-order valence-electron chi connectivity index (χ3n) is 3.05. The van der Waals surface area contributed by atoms with Gasteiger partial charge in [-0.05, 0) is 45.0 Å². The normalized spacial score (nSPS) is 12.1. The van der Waals surface area contributed by atoms with Gasteiger partial charge in [-0.3, -0.25) is 4.79 Å². The summed E-state index contributed by atoms with van der Waals surface area (Å²) in [5.41, 5.74) is 2.05. The lowest BCUT2D eigenvalue weighted by Gasteiger charge is -2.16.